The van der Waals surface area contributed by atoms with Crippen molar-refractivity contribution in [3.05, 3.63) is 17.5 Å². The van der Waals surface area contributed by atoms with Gasteiger partial charge in [-0.1, -0.05) is 0 Å². The summed E-state index contributed by atoms with van der Waals surface area (Å²) in [5, 5.41) is 3.16. The number of hydrogen-bond donors (Lipinski definition) is 1. The summed E-state index contributed by atoms with van der Waals surface area (Å²) in [5.41, 5.74) is 2.48. The Kier molecular flexibility index (Phi) is 2.86. The van der Waals surface area contributed by atoms with Gasteiger partial charge in [0.15, 0.2) is 0 Å². The van der Waals surface area contributed by atoms with Gasteiger partial charge in [-0.25, -0.2) is 9.97 Å². The Morgan fingerprint density at radius 1 is 1.47 bits per heavy atom. The molecule has 1 heterocycles. The molecule has 1 aliphatic carbocycles. The highest BCUT2D eigenvalue weighted by Crippen LogP contribution is 2.40. The van der Waals surface area contributed by atoms with Crippen LogP contribution < -0.4 is 10.2 Å². The highest BCUT2D eigenvalue weighted by Gasteiger charge is 2.28. The fourth-order valence-corrected chi connectivity index (χ4v) is 1.66. The third kappa shape index (κ3) is 2.26. The van der Waals surface area contributed by atoms with Crippen LogP contribution >= 0.6 is 0 Å². The lowest BCUT2D eigenvalue weighted by atomic mass is 10.1. The second kappa shape index (κ2) is 4.14. The van der Waals surface area contributed by atoms with Gasteiger partial charge in [0.1, 0.15) is 0 Å². The van der Waals surface area contributed by atoms with Gasteiger partial charge in [0.2, 0.25) is 5.95 Å². The molecule has 1 fully saturated rings. The van der Waals surface area contributed by atoms with E-state index >= 15 is 0 Å². The van der Waals surface area contributed by atoms with E-state index in [9.17, 15) is 0 Å². The summed E-state index contributed by atoms with van der Waals surface area (Å²) in [4.78, 5) is 10.9. The molecule has 1 N–H and O–H groups in total. The van der Waals surface area contributed by atoms with E-state index in [2.05, 4.69) is 15.3 Å². The van der Waals surface area contributed by atoms with Crippen LogP contribution in [-0.2, 0) is 6.54 Å². The van der Waals surface area contributed by atoms with Crippen molar-refractivity contribution in [3.8, 4) is 0 Å². The predicted octanol–water partition coefficient (Wildman–Crippen LogP) is 1.14. The predicted molar refractivity (Wildman–Crippen MR) is 61.1 cm³/mol. The third-order valence-electron chi connectivity index (χ3n) is 2.62. The Bertz CT molecular complexity index is 344. The normalized spacial score (nSPS) is 15.4. The van der Waals surface area contributed by atoms with Crippen LogP contribution in [0.5, 0.6) is 0 Å². The van der Waals surface area contributed by atoms with Crippen molar-refractivity contribution in [2.24, 2.45) is 0 Å². The minimum absolute atomic E-state index is 0.676. The molecular formula is C11H18N4. The van der Waals surface area contributed by atoms with E-state index in [0.29, 0.717) is 5.92 Å². The van der Waals surface area contributed by atoms with Crippen LogP contribution in [0, 0.1) is 0 Å². The highest BCUT2D eigenvalue weighted by atomic mass is 15.2. The molecule has 1 saturated carbocycles. The molecule has 0 unspecified atom stereocenters. The molecule has 1 aromatic rings. The van der Waals surface area contributed by atoms with E-state index in [0.717, 1.165) is 12.5 Å². The maximum absolute atomic E-state index is 4.63. The smallest absolute Gasteiger partial charge is 0.225 e. The molecule has 4 heteroatoms. The Morgan fingerprint density at radius 3 is 2.73 bits per heavy atom. The van der Waals surface area contributed by atoms with Crippen molar-refractivity contribution < 1.29 is 0 Å². The average molecular weight is 206 g/mol. The molecule has 4 nitrogen and oxygen atoms in total. The Morgan fingerprint density at radius 2 is 2.20 bits per heavy atom. The molecule has 0 bridgehead atoms. The van der Waals surface area contributed by atoms with E-state index in [1.165, 1.54) is 24.1 Å². The number of rotatable bonds is 4. The third-order valence-corrected chi connectivity index (χ3v) is 2.62. The summed E-state index contributed by atoms with van der Waals surface area (Å²) in [6, 6.07) is 0. The summed E-state index contributed by atoms with van der Waals surface area (Å²) in [7, 11) is 5.91. The first kappa shape index (κ1) is 10.4. The Labute approximate surface area is 90.7 Å². The van der Waals surface area contributed by atoms with E-state index in [1.54, 1.807) is 0 Å². The van der Waals surface area contributed by atoms with Gasteiger partial charge in [-0.05, 0) is 19.9 Å². The number of nitrogens with one attached hydrogen (secondary N) is 1. The van der Waals surface area contributed by atoms with Crippen LogP contribution in [0.4, 0.5) is 5.95 Å². The summed E-state index contributed by atoms with van der Waals surface area (Å²) in [6.07, 6.45) is 4.51. The van der Waals surface area contributed by atoms with Crippen molar-refractivity contribution in [3.63, 3.8) is 0 Å². The second-order valence-electron chi connectivity index (χ2n) is 4.28. The molecule has 0 saturated heterocycles. The summed E-state index contributed by atoms with van der Waals surface area (Å²) in [5.74, 6) is 1.49. The molecule has 0 radical (unpaired) electrons. The molecule has 0 spiro atoms. The first-order valence-electron chi connectivity index (χ1n) is 5.40. The number of nitrogens with zero attached hydrogens (tertiary/aromatic N) is 3. The number of anilines is 1. The van der Waals surface area contributed by atoms with Gasteiger partial charge in [0, 0.05) is 38.3 Å². The minimum atomic E-state index is 0.676. The van der Waals surface area contributed by atoms with E-state index < -0.39 is 0 Å². The topological polar surface area (TPSA) is 41.1 Å². The summed E-state index contributed by atoms with van der Waals surface area (Å²) < 4.78 is 0. The van der Waals surface area contributed by atoms with Gasteiger partial charge < -0.3 is 10.2 Å². The lowest BCUT2D eigenvalue weighted by molar-refractivity contribution is 0.779. The molecule has 0 aliphatic heterocycles. The fourth-order valence-electron chi connectivity index (χ4n) is 1.66. The maximum Gasteiger partial charge on any atom is 0.225 e. The van der Waals surface area contributed by atoms with Crippen molar-refractivity contribution >= 4 is 5.95 Å². The molecular weight excluding hydrogens is 188 g/mol. The molecule has 0 amide bonds. The van der Waals surface area contributed by atoms with Crippen molar-refractivity contribution in [2.75, 3.05) is 26.0 Å². The summed E-state index contributed by atoms with van der Waals surface area (Å²) in [6.45, 7) is 0.861. The zero-order valence-corrected chi connectivity index (χ0v) is 9.62. The van der Waals surface area contributed by atoms with Gasteiger partial charge in [-0.15, -0.1) is 0 Å². The lowest BCUT2D eigenvalue weighted by Gasteiger charge is -2.13. The molecule has 0 atom stereocenters. The van der Waals surface area contributed by atoms with Crippen molar-refractivity contribution in [1.29, 1.82) is 0 Å². The van der Waals surface area contributed by atoms with Crippen LogP contribution in [0.2, 0.25) is 0 Å². The number of aromatic nitrogens is 2. The van der Waals surface area contributed by atoms with E-state index in [1.807, 2.05) is 32.2 Å². The standard InChI is InChI=1S/C11H18N4/c1-12-6-9-7-13-11(15(2)3)14-10(9)8-4-5-8/h7-8,12H,4-6H2,1-3H3. The van der Waals surface area contributed by atoms with E-state index in [-0.39, 0.29) is 0 Å². The van der Waals surface area contributed by atoms with Crippen LogP contribution in [0.1, 0.15) is 30.0 Å². The van der Waals surface area contributed by atoms with Gasteiger partial charge in [0.25, 0.3) is 0 Å². The van der Waals surface area contributed by atoms with Gasteiger partial charge in [-0.2, -0.15) is 0 Å². The average Bonchev–Trinajstić information content (AvgIpc) is 3.02. The highest BCUT2D eigenvalue weighted by molar-refractivity contribution is 5.34. The molecule has 82 valence electrons. The van der Waals surface area contributed by atoms with Crippen LogP contribution in [0.15, 0.2) is 6.20 Å². The van der Waals surface area contributed by atoms with E-state index in [4.69, 9.17) is 0 Å². The van der Waals surface area contributed by atoms with Crippen LogP contribution in [0.3, 0.4) is 0 Å². The summed E-state index contributed by atoms with van der Waals surface area (Å²) >= 11 is 0. The van der Waals surface area contributed by atoms with Gasteiger partial charge >= 0.3 is 0 Å². The Balaban J connectivity index is 2.31. The monoisotopic (exact) mass is 206 g/mol. The van der Waals surface area contributed by atoms with Gasteiger partial charge in [0.05, 0.1) is 5.69 Å². The molecule has 15 heavy (non-hydrogen) atoms. The van der Waals surface area contributed by atoms with Gasteiger partial charge in [-0.3, -0.25) is 0 Å². The minimum Gasteiger partial charge on any atom is -0.347 e. The fraction of sp³-hybridized carbons (Fsp3) is 0.636. The molecule has 1 aliphatic rings. The Hall–Kier alpha value is -1.16. The van der Waals surface area contributed by atoms with Crippen LogP contribution in [0.25, 0.3) is 0 Å². The maximum atomic E-state index is 4.63. The zero-order valence-electron chi connectivity index (χ0n) is 9.62. The second-order valence-corrected chi connectivity index (χ2v) is 4.28. The largest absolute Gasteiger partial charge is 0.347 e. The van der Waals surface area contributed by atoms with Crippen molar-refractivity contribution in [2.45, 2.75) is 25.3 Å². The zero-order chi connectivity index (χ0) is 10.8. The first-order chi connectivity index (χ1) is 7.22. The molecule has 2 rings (SSSR count). The molecule has 1 aromatic heterocycles. The van der Waals surface area contributed by atoms with Crippen molar-refractivity contribution in [1.82, 2.24) is 15.3 Å². The lowest BCUT2D eigenvalue weighted by Crippen LogP contribution is -2.16. The first-order valence-corrected chi connectivity index (χ1v) is 5.40. The SMILES string of the molecule is CNCc1cnc(N(C)C)nc1C1CC1. The quantitative estimate of drug-likeness (QED) is 0.802. The van der Waals surface area contributed by atoms with Crippen LogP contribution in [-0.4, -0.2) is 31.1 Å². The number of hydrogen-bond acceptors (Lipinski definition) is 4. The molecule has 0 aromatic carbocycles.